The van der Waals surface area contributed by atoms with Gasteiger partial charge in [0.2, 0.25) is 0 Å². The molecular formula is C10H23ClSi. The SMILES string of the molecule is CCCCCCCCCC[SiH2]Cl. The summed E-state index contributed by atoms with van der Waals surface area (Å²) in [5, 5.41) is 0. The zero-order valence-electron chi connectivity index (χ0n) is 8.45. The molecule has 0 aliphatic rings. The van der Waals surface area contributed by atoms with Crippen molar-refractivity contribution in [2.24, 2.45) is 0 Å². The van der Waals surface area contributed by atoms with E-state index >= 15 is 0 Å². The smallest absolute Gasteiger partial charge is 0.125 e. The Bertz CT molecular complexity index is 66.2. The summed E-state index contributed by atoms with van der Waals surface area (Å²) < 4.78 is 0. The summed E-state index contributed by atoms with van der Waals surface area (Å²) in [6.07, 6.45) is 11.4. The second-order valence-corrected chi connectivity index (χ2v) is 5.74. The van der Waals surface area contributed by atoms with Gasteiger partial charge in [0.15, 0.2) is 0 Å². The monoisotopic (exact) mass is 206 g/mol. The van der Waals surface area contributed by atoms with Crippen LogP contribution in [-0.2, 0) is 0 Å². The first kappa shape index (κ1) is 12.5. The predicted octanol–water partition coefficient (Wildman–Crippen LogP) is 3.87. The van der Waals surface area contributed by atoms with Crippen LogP contribution >= 0.6 is 11.1 Å². The maximum absolute atomic E-state index is 5.72. The molecule has 0 aliphatic carbocycles. The van der Waals surface area contributed by atoms with Crippen LogP contribution in [0.25, 0.3) is 0 Å². The molecule has 0 heterocycles. The van der Waals surface area contributed by atoms with Gasteiger partial charge in [-0.1, -0.05) is 58.3 Å². The molecule has 0 aromatic carbocycles. The van der Waals surface area contributed by atoms with E-state index in [-0.39, 0.29) is 8.83 Å². The van der Waals surface area contributed by atoms with Crippen molar-refractivity contribution in [2.75, 3.05) is 0 Å². The van der Waals surface area contributed by atoms with E-state index in [1.807, 2.05) is 0 Å². The maximum Gasteiger partial charge on any atom is 0.125 e. The van der Waals surface area contributed by atoms with E-state index in [0.717, 1.165) is 0 Å². The normalized spacial score (nSPS) is 11.5. The van der Waals surface area contributed by atoms with E-state index < -0.39 is 0 Å². The summed E-state index contributed by atoms with van der Waals surface area (Å²) in [5.41, 5.74) is 0. The molecule has 0 aliphatic heterocycles. The fourth-order valence-electron chi connectivity index (χ4n) is 1.41. The van der Waals surface area contributed by atoms with Crippen molar-refractivity contribution >= 4 is 19.9 Å². The maximum atomic E-state index is 5.72. The molecule has 0 radical (unpaired) electrons. The molecule has 0 atom stereocenters. The quantitative estimate of drug-likeness (QED) is 0.305. The summed E-state index contributed by atoms with van der Waals surface area (Å²) in [6.45, 7) is 2.27. The minimum absolute atomic E-state index is 0.161. The molecule has 0 unspecified atom stereocenters. The Kier molecular flexibility index (Phi) is 12.0. The number of unbranched alkanes of at least 4 members (excludes halogenated alkanes) is 7. The van der Waals surface area contributed by atoms with Gasteiger partial charge in [0, 0.05) is 0 Å². The van der Waals surface area contributed by atoms with Gasteiger partial charge in [-0.25, -0.2) is 0 Å². The Morgan fingerprint density at radius 2 is 1.33 bits per heavy atom. The van der Waals surface area contributed by atoms with Crippen LogP contribution in [0.1, 0.15) is 58.3 Å². The Morgan fingerprint density at radius 3 is 1.83 bits per heavy atom. The van der Waals surface area contributed by atoms with Gasteiger partial charge in [0.1, 0.15) is 8.83 Å². The lowest BCUT2D eigenvalue weighted by Gasteiger charge is -1.99. The van der Waals surface area contributed by atoms with Crippen molar-refractivity contribution in [3.05, 3.63) is 0 Å². The molecule has 0 amide bonds. The van der Waals surface area contributed by atoms with Gasteiger partial charge >= 0.3 is 0 Å². The van der Waals surface area contributed by atoms with Crippen molar-refractivity contribution in [3.63, 3.8) is 0 Å². The first-order valence-electron chi connectivity index (χ1n) is 5.47. The third-order valence-corrected chi connectivity index (χ3v) is 3.81. The highest BCUT2D eigenvalue weighted by molar-refractivity contribution is 6.93. The van der Waals surface area contributed by atoms with Crippen LogP contribution in [0.15, 0.2) is 0 Å². The molecule has 0 N–H and O–H groups in total. The molecule has 0 aromatic heterocycles. The van der Waals surface area contributed by atoms with Gasteiger partial charge in [-0.15, -0.1) is 0 Å². The topological polar surface area (TPSA) is 0 Å². The van der Waals surface area contributed by atoms with Crippen LogP contribution in [0.4, 0.5) is 0 Å². The summed E-state index contributed by atoms with van der Waals surface area (Å²) >= 11 is 5.72. The molecule has 0 rings (SSSR count). The highest BCUT2D eigenvalue weighted by atomic mass is 35.6. The molecular weight excluding hydrogens is 184 g/mol. The summed E-state index contributed by atoms with van der Waals surface area (Å²) in [6, 6.07) is 1.34. The molecule has 0 aromatic rings. The second-order valence-electron chi connectivity index (χ2n) is 3.52. The third kappa shape index (κ3) is 10.5. The average molecular weight is 207 g/mol. The van der Waals surface area contributed by atoms with Crippen molar-refractivity contribution in [1.29, 1.82) is 0 Å². The van der Waals surface area contributed by atoms with Crippen LogP contribution < -0.4 is 0 Å². The second kappa shape index (κ2) is 11.5. The molecule has 0 bridgehead atoms. The third-order valence-electron chi connectivity index (χ3n) is 2.24. The zero-order valence-corrected chi connectivity index (χ0v) is 10.6. The lowest BCUT2D eigenvalue weighted by atomic mass is 10.1. The number of rotatable bonds is 9. The fraction of sp³-hybridized carbons (Fsp3) is 1.00. The largest absolute Gasteiger partial charge is 0.176 e. The fourth-order valence-corrected chi connectivity index (χ4v) is 2.51. The number of hydrogen-bond acceptors (Lipinski definition) is 0. The van der Waals surface area contributed by atoms with Crippen LogP contribution in [-0.4, -0.2) is 8.83 Å². The van der Waals surface area contributed by atoms with E-state index in [0.29, 0.717) is 0 Å². The summed E-state index contributed by atoms with van der Waals surface area (Å²) in [4.78, 5) is 0. The lowest BCUT2D eigenvalue weighted by Crippen LogP contribution is -1.82. The van der Waals surface area contributed by atoms with Gasteiger partial charge < -0.3 is 0 Å². The van der Waals surface area contributed by atoms with Crippen LogP contribution in [0, 0.1) is 0 Å². The number of hydrogen-bond donors (Lipinski definition) is 0. The number of halogens is 1. The van der Waals surface area contributed by atoms with Crippen LogP contribution in [0.2, 0.25) is 6.04 Å². The molecule has 0 saturated heterocycles. The first-order chi connectivity index (χ1) is 5.91. The highest BCUT2D eigenvalue weighted by Gasteiger charge is 1.90. The Hall–Kier alpha value is 0.507. The van der Waals surface area contributed by atoms with E-state index in [1.54, 1.807) is 0 Å². The highest BCUT2D eigenvalue weighted by Crippen LogP contribution is 2.09. The zero-order chi connectivity index (χ0) is 9.07. The van der Waals surface area contributed by atoms with E-state index in [1.165, 1.54) is 57.4 Å². The van der Waals surface area contributed by atoms with Gasteiger partial charge in [-0.3, -0.25) is 0 Å². The minimum atomic E-state index is -0.161. The summed E-state index contributed by atoms with van der Waals surface area (Å²) in [7, 11) is -0.161. The predicted molar refractivity (Wildman–Crippen MR) is 61.8 cm³/mol. The molecule has 2 heteroatoms. The lowest BCUT2D eigenvalue weighted by molar-refractivity contribution is 0.585. The van der Waals surface area contributed by atoms with Gasteiger partial charge in [-0.05, 0) is 6.04 Å². The van der Waals surface area contributed by atoms with Gasteiger partial charge in [0.05, 0.1) is 0 Å². The average Bonchev–Trinajstić information content (AvgIpc) is 2.10. The van der Waals surface area contributed by atoms with E-state index in [4.69, 9.17) is 11.1 Å². The van der Waals surface area contributed by atoms with Crippen LogP contribution in [0.3, 0.4) is 0 Å². The van der Waals surface area contributed by atoms with Crippen LogP contribution in [0.5, 0.6) is 0 Å². The van der Waals surface area contributed by atoms with E-state index in [2.05, 4.69) is 6.92 Å². The molecule has 0 saturated carbocycles. The molecule has 0 nitrogen and oxygen atoms in total. The molecule has 12 heavy (non-hydrogen) atoms. The Balaban J connectivity index is 2.73. The van der Waals surface area contributed by atoms with Crippen molar-refractivity contribution in [2.45, 2.75) is 64.3 Å². The van der Waals surface area contributed by atoms with E-state index in [9.17, 15) is 0 Å². The van der Waals surface area contributed by atoms with Crippen molar-refractivity contribution in [3.8, 4) is 0 Å². The van der Waals surface area contributed by atoms with Crippen molar-refractivity contribution < 1.29 is 0 Å². The molecule has 0 spiro atoms. The van der Waals surface area contributed by atoms with Crippen molar-refractivity contribution in [1.82, 2.24) is 0 Å². The van der Waals surface area contributed by atoms with Gasteiger partial charge in [0.25, 0.3) is 0 Å². The Labute approximate surface area is 84.6 Å². The summed E-state index contributed by atoms with van der Waals surface area (Å²) in [5.74, 6) is 0. The Morgan fingerprint density at radius 1 is 0.833 bits per heavy atom. The first-order valence-corrected chi connectivity index (χ1v) is 8.61. The molecule has 0 fully saturated rings. The molecule has 74 valence electrons. The minimum Gasteiger partial charge on any atom is -0.176 e. The standard InChI is InChI=1S/C10H23ClSi/c1-2-3-4-5-6-7-8-9-10-12-11/h2-10,12H2,1H3. The van der Waals surface area contributed by atoms with Gasteiger partial charge in [-0.2, -0.15) is 11.1 Å².